The summed E-state index contributed by atoms with van der Waals surface area (Å²) in [6.45, 7) is 7.05. The van der Waals surface area contributed by atoms with Crippen molar-refractivity contribution in [2.24, 2.45) is 5.73 Å². The lowest BCUT2D eigenvalue weighted by molar-refractivity contribution is -0.124. The number of nitrogens with two attached hydrogens (primary N) is 1. The Morgan fingerprint density at radius 1 is 1.45 bits per heavy atom. The van der Waals surface area contributed by atoms with E-state index in [1.807, 2.05) is 13.8 Å². The van der Waals surface area contributed by atoms with Crippen LogP contribution in [0, 0.1) is 13.8 Å². The van der Waals surface area contributed by atoms with Crippen LogP contribution in [0.15, 0.2) is 4.90 Å². The number of nitrogens with one attached hydrogen (secondary N) is 2. The van der Waals surface area contributed by atoms with Gasteiger partial charge in [0.1, 0.15) is 10.9 Å². The number of sulfonamides is 1. The Bertz CT molecular complexity index is 648. The van der Waals surface area contributed by atoms with Crippen LogP contribution in [0.5, 0.6) is 0 Å². The molecule has 0 bridgehead atoms. The number of aromatic nitrogens is 2. The molecule has 0 aromatic carbocycles. The van der Waals surface area contributed by atoms with E-state index >= 15 is 0 Å². The third kappa shape index (κ3) is 3.01. The third-order valence-corrected chi connectivity index (χ3v) is 5.79. The zero-order chi connectivity index (χ0) is 16.7. The van der Waals surface area contributed by atoms with Crippen LogP contribution in [-0.4, -0.2) is 53.5 Å². The molecule has 1 amide bonds. The molecule has 2 rings (SSSR count). The van der Waals surface area contributed by atoms with Gasteiger partial charge in [-0.25, -0.2) is 8.42 Å². The smallest absolute Gasteiger partial charge is 0.247 e. The van der Waals surface area contributed by atoms with Gasteiger partial charge in [-0.1, -0.05) is 0 Å². The largest absolute Gasteiger partial charge is 0.353 e. The molecule has 1 aromatic heterocycles. The fourth-order valence-electron chi connectivity index (χ4n) is 2.76. The normalized spacial score (nSPS) is 23.2. The number of aryl methyl sites for hydroxylation is 2. The van der Waals surface area contributed by atoms with E-state index in [9.17, 15) is 13.2 Å². The van der Waals surface area contributed by atoms with E-state index in [1.54, 1.807) is 13.8 Å². The van der Waals surface area contributed by atoms with E-state index in [0.717, 1.165) is 0 Å². The molecule has 1 saturated heterocycles. The molecule has 22 heavy (non-hydrogen) atoms. The Kier molecular flexibility index (Phi) is 4.59. The molecule has 0 spiro atoms. The monoisotopic (exact) mass is 329 g/mol. The van der Waals surface area contributed by atoms with Crippen LogP contribution in [-0.2, 0) is 14.8 Å². The maximum atomic E-state index is 12.9. The highest BCUT2D eigenvalue weighted by Gasteiger charge is 2.44. The molecule has 124 valence electrons. The molecular weight excluding hydrogens is 306 g/mol. The molecule has 8 nitrogen and oxygen atoms in total. The second-order valence-corrected chi connectivity index (χ2v) is 7.84. The molecule has 1 aliphatic heterocycles. The summed E-state index contributed by atoms with van der Waals surface area (Å²) in [7, 11) is -3.82. The Labute approximate surface area is 130 Å². The standard InChI is InChI=1S/C13H23N5O3S/c1-7(2)15-13(19)11-5-10(14)6-18(11)22(20,21)12-8(3)16-17-9(12)4/h7,10-11H,5-6,14H2,1-4H3,(H,15,19)(H,16,17)/t10-,11-/m0/s1. The Balaban J connectivity index is 2.38. The van der Waals surface area contributed by atoms with Crippen molar-refractivity contribution in [3.8, 4) is 0 Å². The van der Waals surface area contributed by atoms with Gasteiger partial charge in [0, 0.05) is 18.6 Å². The van der Waals surface area contributed by atoms with E-state index in [2.05, 4.69) is 15.5 Å². The van der Waals surface area contributed by atoms with Crippen molar-refractivity contribution < 1.29 is 13.2 Å². The van der Waals surface area contributed by atoms with Crippen LogP contribution in [0.25, 0.3) is 0 Å². The molecule has 2 heterocycles. The van der Waals surface area contributed by atoms with Gasteiger partial charge in [-0.05, 0) is 34.1 Å². The van der Waals surface area contributed by atoms with Crippen molar-refractivity contribution in [3.05, 3.63) is 11.4 Å². The summed E-state index contributed by atoms with van der Waals surface area (Å²) in [6, 6.07) is -1.20. The number of amides is 1. The first kappa shape index (κ1) is 16.9. The van der Waals surface area contributed by atoms with Crippen molar-refractivity contribution in [2.75, 3.05) is 6.54 Å². The Morgan fingerprint density at radius 3 is 2.59 bits per heavy atom. The van der Waals surface area contributed by atoms with E-state index in [0.29, 0.717) is 17.8 Å². The van der Waals surface area contributed by atoms with Crippen LogP contribution < -0.4 is 11.1 Å². The minimum absolute atomic E-state index is 0.0636. The van der Waals surface area contributed by atoms with Crippen LogP contribution >= 0.6 is 0 Å². The molecule has 1 aromatic rings. The second kappa shape index (κ2) is 5.98. The van der Waals surface area contributed by atoms with Crippen LogP contribution in [0.3, 0.4) is 0 Å². The fourth-order valence-corrected chi connectivity index (χ4v) is 4.75. The lowest BCUT2D eigenvalue weighted by Crippen LogP contribution is -2.47. The van der Waals surface area contributed by atoms with Gasteiger partial charge in [-0.3, -0.25) is 9.89 Å². The number of rotatable bonds is 4. The lowest BCUT2D eigenvalue weighted by atomic mass is 10.1. The first-order valence-electron chi connectivity index (χ1n) is 7.24. The summed E-state index contributed by atoms with van der Waals surface area (Å²) in [4.78, 5) is 12.4. The molecule has 0 aliphatic carbocycles. The van der Waals surface area contributed by atoms with Crippen molar-refractivity contribution >= 4 is 15.9 Å². The maximum absolute atomic E-state index is 12.9. The molecule has 1 aliphatic rings. The van der Waals surface area contributed by atoms with Crippen LogP contribution in [0.2, 0.25) is 0 Å². The molecule has 0 saturated carbocycles. The molecule has 2 atom stereocenters. The van der Waals surface area contributed by atoms with Crippen molar-refractivity contribution in [2.45, 2.75) is 57.1 Å². The summed E-state index contributed by atoms with van der Waals surface area (Å²) in [6.07, 6.45) is 0.313. The highest BCUT2D eigenvalue weighted by atomic mass is 32.2. The number of H-pyrrole nitrogens is 1. The van der Waals surface area contributed by atoms with Crippen molar-refractivity contribution in [1.29, 1.82) is 0 Å². The van der Waals surface area contributed by atoms with E-state index in [1.165, 1.54) is 4.31 Å². The van der Waals surface area contributed by atoms with Gasteiger partial charge in [0.25, 0.3) is 0 Å². The van der Waals surface area contributed by atoms with Gasteiger partial charge in [-0.2, -0.15) is 9.40 Å². The Morgan fingerprint density at radius 2 is 2.09 bits per heavy atom. The predicted molar refractivity (Wildman–Crippen MR) is 81.6 cm³/mol. The third-order valence-electron chi connectivity index (χ3n) is 3.65. The van der Waals surface area contributed by atoms with Gasteiger partial charge in [0.2, 0.25) is 15.9 Å². The van der Waals surface area contributed by atoms with Crippen molar-refractivity contribution in [1.82, 2.24) is 19.8 Å². The average Bonchev–Trinajstić information content (AvgIpc) is 2.92. The SMILES string of the molecule is Cc1n[nH]c(C)c1S(=O)(=O)N1C[C@@H](N)C[C@H]1C(=O)NC(C)C. The molecule has 0 radical (unpaired) electrons. The quantitative estimate of drug-likeness (QED) is 0.696. The summed E-state index contributed by atoms with van der Waals surface area (Å²) >= 11 is 0. The van der Waals surface area contributed by atoms with E-state index < -0.39 is 16.1 Å². The van der Waals surface area contributed by atoms with E-state index in [-0.39, 0.29) is 29.4 Å². The van der Waals surface area contributed by atoms with Crippen LogP contribution in [0.1, 0.15) is 31.7 Å². The van der Waals surface area contributed by atoms with Gasteiger partial charge < -0.3 is 11.1 Å². The number of carbonyl (C=O) groups excluding carboxylic acids is 1. The summed E-state index contributed by atoms with van der Waals surface area (Å²) in [5.41, 5.74) is 6.75. The minimum Gasteiger partial charge on any atom is -0.353 e. The zero-order valence-corrected chi connectivity index (χ0v) is 14.1. The number of aromatic amines is 1. The Hall–Kier alpha value is -1.45. The molecule has 9 heteroatoms. The van der Waals surface area contributed by atoms with E-state index in [4.69, 9.17) is 5.73 Å². The number of nitrogens with zero attached hydrogens (tertiary/aromatic N) is 2. The summed E-state index contributed by atoms with van der Waals surface area (Å²) in [5, 5.41) is 9.35. The molecule has 4 N–H and O–H groups in total. The average molecular weight is 329 g/mol. The topological polar surface area (TPSA) is 121 Å². The molecular formula is C13H23N5O3S. The first-order valence-corrected chi connectivity index (χ1v) is 8.68. The zero-order valence-electron chi connectivity index (χ0n) is 13.3. The van der Waals surface area contributed by atoms with Crippen molar-refractivity contribution in [3.63, 3.8) is 0 Å². The second-order valence-electron chi connectivity index (χ2n) is 6.01. The van der Waals surface area contributed by atoms with Gasteiger partial charge in [0.15, 0.2) is 0 Å². The minimum atomic E-state index is -3.82. The lowest BCUT2D eigenvalue weighted by Gasteiger charge is -2.24. The summed E-state index contributed by atoms with van der Waals surface area (Å²) in [5.74, 6) is -0.315. The highest BCUT2D eigenvalue weighted by Crippen LogP contribution is 2.28. The highest BCUT2D eigenvalue weighted by molar-refractivity contribution is 7.89. The fraction of sp³-hybridized carbons (Fsp3) is 0.692. The number of hydrogen-bond donors (Lipinski definition) is 3. The van der Waals surface area contributed by atoms with Crippen LogP contribution in [0.4, 0.5) is 0 Å². The van der Waals surface area contributed by atoms with Gasteiger partial charge in [-0.15, -0.1) is 0 Å². The molecule has 1 fully saturated rings. The molecule has 0 unspecified atom stereocenters. The first-order chi connectivity index (χ1) is 10.1. The number of carbonyl (C=O) groups is 1. The van der Waals surface area contributed by atoms with Gasteiger partial charge in [0.05, 0.1) is 11.4 Å². The predicted octanol–water partition coefficient (Wildman–Crippen LogP) is -0.359. The van der Waals surface area contributed by atoms with Gasteiger partial charge >= 0.3 is 0 Å². The maximum Gasteiger partial charge on any atom is 0.247 e. The summed E-state index contributed by atoms with van der Waals surface area (Å²) < 4.78 is 27.0. The number of hydrogen-bond acceptors (Lipinski definition) is 5.